The van der Waals surface area contributed by atoms with Gasteiger partial charge in [-0.25, -0.2) is 4.79 Å². The highest BCUT2D eigenvalue weighted by atomic mass is 16.5. The molecule has 0 radical (unpaired) electrons. The number of hydrogen-bond donors (Lipinski definition) is 0. The molecule has 0 saturated carbocycles. The molecule has 1 aromatic heterocycles. The Morgan fingerprint density at radius 3 is 3.00 bits per heavy atom. The van der Waals surface area contributed by atoms with Crippen molar-refractivity contribution in [2.45, 2.75) is 13.8 Å². The second kappa shape index (κ2) is 4.31. The average Bonchev–Trinajstić information content (AvgIpc) is 2.29. The van der Waals surface area contributed by atoms with Gasteiger partial charge in [0.1, 0.15) is 0 Å². The Balaban J connectivity index is 2.48. The van der Waals surface area contributed by atoms with E-state index < -0.39 is 0 Å². The highest BCUT2D eigenvalue weighted by Gasteiger charge is 2.08. The lowest BCUT2D eigenvalue weighted by Crippen LogP contribution is -2.05. The van der Waals surface area contributed by atoms with Gasteiger partial charge in [-0.3, -0.25) is 4.98 Å². The standard InChI is InChI=1S/C13H13NO2/c1-3-16-13(15)11-7-10-6-4-5-9(2)12(10)14-8-11/h4-8H,3H2,1-2H3. The Morgan fingerprint density at radius 1 is 1.44 bits per heavy atom. The first kappa shape index (κ1) is 10.6. The summed E-state index contributed by atoms with van der Waals surface area (Å²) in [7, 11) is 0. The largest absolute Gasteiger partial charge is 0.462 e. The third-order valence-corrected chi connectivity index (χ3v) is 2.42. The third kappa shape index (κ3) is 1.89. The van der Waals surface area contributed by atoms with Gasteiger partial charge in [-0.1, -0.05) is 18.2 Å². The quantitative estimate of drug-likeness (QED) is 0.723. The number of pyridine rings is 1. The topological polar surface area (TPSA) is 39.2 Å². The molecule has 3 heteroatoms. The van der Waals surface area contributed by atoms with Crippen molar-refractivity contribution >= 4 is 16.9 Å². The van der Waals surface area contributed by atoms with E-state index in [4.69, 9.17) is 4.74 Å². The maximum Gasteiger partial charge on any atom is 0.339 e. The minimum Gasteiger partial charge on any atom is -0.462 e. The first-order valence-electron chi connectivity index (χ1n) is 5.25. The van der Waals surface area contributed by atoms with Gasteiger partial charge < -0.3 is 4.74 Å². The molecular weight excluding hydrogens is 202 g/mol. The molecule has 0 atom stereocenters. The van der Waals surface area contributed by atoms with Crippen molar-refractivity contribution in [1.82, 2.24) is 4.98 Å². The first-order chi connectivity index (χ1) is 7.72. The van der Waals surface area contributed by atoms with Crippen LogP contribution in [0.15, 0.2) is 30.5 Å². The normalized spacial score (nSPS) is 10.4. The molecule has 0 amide bonds. The van der Waals surface area contributed by atoms with Crippen LogP contribution in [0.5, 0.6) is 0 Å². The van der Waals surface area contributed by atoms with Crippen molar-refractivity contribution in [3.05, 3.63) is 41.6 Å². The summed E-state index contributed by atoms with van der Waals surface area (Å²) >= 11 is 0. The summed E-state index contributed by atoms with van der Waals surface area (Å²) in [5, 5.41) is 0.963. The molecule has 0 spiro atoms. The molecule has 2 rings (SSSR count). The van der Waals surface area contributed by atoms with E-state index in [9.17, 15) is 4.79 Å². The molecule has 0 N–H and O–H groups in total. The number of rotatable bonds is 2. The van der Waals surface area contributed by atoms with Crippen LogP contribution in [0.4, 0.5) is 0 Å². The van der Waals surface area contributed by atoms with Gasteiger partial charge in [-0.2, -0.15) is 0 Å². The van der Waals surface area contributed by atoms with Gasteiger partial charge >= 0.3 is 5.97 Å². The summed E-state index contributed by atoms with van der Waals surface area (Å²) in [6.07, 6.45) is 1.56. The zero-order valence-corrected chi connectivity index (χ0v) is 9.36. The average molecular weight is 215 g/mol. The van der Waals surface area contributed by atoms with Gasteiger partial charge in [0.15, 0.2) is 0 Å². The number of fused-ring (bicyclic) bond motifs is 1. The van der Waals surface area contributed by atoms with Gasteiger partial charge in [0, 0.05) is 11.6 Å². The molecule has 0 bridgehead atoms. The molecular formula is C13H13NO2. The fourth-order valence-corrected chi connectivity index (χ4v) is 1.64. The van der Waals surface area contributed by atoms with E-state index in [0.717, 1.165) is 16.5 Å². The number of para-hydroxylation sites is 1. The van der Waals surface area contributed by atoms with Crippen LogP contribution in [-0.4, -0.2) is 17.6 Å². The van der Waals surface area contributed by atoms with Crippen LogP contribution in [0.1, 0.15) is 22.8 Å². The number of ether oxygens (including phenoxy) is 1. The van der Waals surface area contributed by atoms with Crippen LogP contribution >= 0.6 is 0 Å². The number of aryl methyl sites for hydroxylation is 1. The van der Waals surface area contributed by atoms with E-state index in [2.05, 4.69) is 4.98 Å². The highest BCUT2D eigenvalue weighted by Crippen LogP contribution is 2.17. The molecule has 16 heavy (non-hydrogen) atoms. The van der Waals surface area contributed by atoms with Gasteiger partial charge in [0.25, 0.3) is 0 Å². The Labute approximate surface area is 94.1 Å². The second-order valence-electron chi connectivity index (χ2n) is 3.59. The van der Waals surface area contributed by atoms with Crippen molar-refractivity contribution < 1.29 is 9.53 Å². The maximum atomic E-state index is 11.5. The summed E-state index contributed by atoms with van der Waals surface area (Å²) in [4.78, 5) is 15.8. The van der Waals surface area contributed by atoms with Gasteiger partial charge in [-0.15, -0.1) is 0 Å². The number of carbonyl (C=O) groups excluding carboxylic acids is 1. The summed E-state index contributed by atoms with van der Waals surface area (Å²) in [6.45, 7) is 4.17. The number of hydrogen-bond acceptors (Lipinski definition) is 3. The van der Waals surface area contributed by atoms with E-state index >= 15 is 0 Å². The van der Waals surface area contributed by atoms with Gasteiger partial charge in [0.2, 0.25) is 0 Å². The Morgan fingerprint density at radius 2 is 2.25 bits per heavy atom. The number of aromatic nitrogens is 1. The Hall–Kier alpha value is -1.90. The zero-order valence-electron chi connectivity index (χ0n) is 9.36. The smallest absolute Gasteiger partial charge is 0.339 e. The summed E-state index contributed by atoms with van der Waals surface area (Å²) < 4.78 is 4.93. The molecule has 0 unspecified atom stereocenters. The maximum absolute atomic E-state index is 11.5. The van der Waals surface area contributed by atoms with Crippen LogP contribution in [0.3, 0.4) is 0 Å². The lowest BCUT2D eigenvalue weighted by atomic mass is 10.1. The van der Waals surface area contributed by atoms with Crippen LogP contribution in [0.25, 0.3) is 10.9 Å². The van der Waals surface area contributed by atoms with Crippen LogP contribution in [0.2, 0.25) is 0 Å². The Kier molecular flexibility index (Phi) is 2.86. The van der Waals surface area contributed by atoms with Crippen LogP contribution in [0, 0.1) is 6.92 Å². The minimum atomic E-state index is -0.321. The fraction of sp³-hybridized carbons (Fsp3) is 0.231. The van der Waals surface area contributed by atoms with Crippen LogP contribution < -0.4 is 0 Å². The van der Waals surface area contributed by atoms with Gasteiger partial charge in [0.05, 0.1) is 17.7 Å². The van der Waals surface area contributed by atoms with Crippen molar-refractivity contribution in [2.24, 2.45) is 0 Å². The van der Waals surface area contributed by atoms with Gasteiger partial charge in [-0.05, 0) is 25.5 Å². The Bertz CT molecular complexity index is 534. The van der Waals surface area contributed by atoms with Crippen molar-refractivity contribution in [3.63, 3.8) is 0 Å². The molecule has 3 nitrogen and oxygen atoms in total. The van der Waals surface area contributed by atoms with E-state index in [1.54, 1.807) is 13.1 Å². The minimum absolute atomic E-state index is 0.321. The van der Waals surface area contributed by atoms with Crippen molar-refractivity contribution in [1.29, 1.82) is 0 Å². The van der Waals surface area contributed by atoms with E-state index in [0.29, 0.717) is 12.2 Å². The number of carbonyl (C=O) groups is 1. The molecule has 0 aliphatic carbocycles. The highest BCUT2D eigenvalue weighted by molar-refractivity contribution is 5.94. The second-order valence-corrected chi connectivity index (χ2v) is 3.59. The summed E-state index contributed by atoms with van der Waals surface area (Å²) in [5.74, 6) is -0.321. The number of esters is 1. The molecule has 0 fully saturated rings. The number of nitrogens with zero attached hydrogens (tertiary/aromatic N) is 1. The van der Waals surface area contributed by atoms with Crippen molar-refractivity contribution in [3.8, 4) is 0 Å². The molecule has 0 aliphatic heterocycles. The first-order valence-corrected chi connectivity index (χ1v) is 5.25. The molecule has 82 valence electrons. The lowest BCUT2D eigenvalue weighted by Gasteiger charge is -2.04. The summed E-state index contributed by atoms with van der Waals surface area (Å²) in [5.41, 5.74) is 2.53. The van der Waals surface area contributed by atoms with Crippen molar-refractivity contribution in [2.75, 3.05) is 6.61 Å². The molecule has 1 heterocycles. The third-order valence-electron chi connectivity index (χ3n) is 2.42. The van der Waals surface area contributed by atoms with E-state index in [-0.39, 0.29) is 5.97 Å². The predicted molar refractivity (Wildman–Crippen MR) is 62.4 cm³/mol. The van der Waals surface area contributed by atoms with E-state index in [1.165, 1.54) is 0 Å². The van der Waals surface area contributed by atoms with Crippen LogP contribution in [-0.2, 0) is 4.74 Å². The molecule has 2 aromatic rings. The SMILES string of the molecule is CCOC(=O)c1cnc2c(C)cccc2c1. The molecule has 0 aliphatic rings. The molecule has 1 aromatic carbocycles. The van der Waals surface area contributed by atoms with E-state index in [1.807, 2.05) is 31.2 Å². The molecule has 0 saturated heterocycles. The number of benzene rings is 1. The summed E-state index contributed by atoms with van der Waals surface area (Å²) in [6, 6.07) is 7.71. The predicted octanol–water partition coefficient (Wildman–Crippen LogP) is 2.72. The lowest BCUT2D eigenvalue weighted by molar-refractivity contribution is 0.0526. The zero-order chi connectivity index (χ0) is 11.5. The fourth-order valence-electron chi connectivity index (χ4n) is 1.64. The monoisotopic (exact) mass is 215 g/mol.